The molecule has 64 heavy (non-hydrogen) atoms. The van der Waals surface area contributed by atoms with Gasteiger partial charge in [0.1, 0.15) is 0 Å². The molecule has 12 aromatic rings. The summed E-state index contributed by atoms with van der Waals surface area (Å²) in [7, 11) is 0. The molecule has 0 radical (unpaired) electrons. The summed E-state index contributed by atoms with van der Waals surface area (Å²) in [5.41, 5.74) is 16.1. The van der Waals surface area contributed by atoms with Gasteiger partial charge in [-0.3, -0.25) is 0 Å². The lowest BCUT2D eigenvalue weighted by atomic mass is 9.98. The van der Waals surface area contributed by atoms with Crippen molar-refractivity contribution in [1.29, 1.82) is 0 Å². The van der Waals surface area contributed by atoms with Crippen LogP contribution in [-0.4, -0.2) is 28.7 Å². The monoisotopic (exact) mass is 816 g/mol. The molecule has 6 nitrogen and oxygen atoms in total. The maximum Gasteiger partial charge on any atom is 0.164 e. The Morgan fingerprint density at radius 3 is 1.31 bits per heavy atom. The van der Waals surface area contributed by atoms with E-state index < -0.39 is 0 Å². The quantitative estimate of drug-likeness (QED) is 0.168. The van der Waals surface area contributed by atoms with Crippen molar-refractivity contribution in [3.05, 3.63) is 223 Å². The van der Waals surface area contributed by atoms with Crippen molar-refractivity contribution < 1.29 is 0 Å². The summed E-state index contributed by atoms with van der Waals surface area (Å²) < 4.78 is 7.34. The van der Waals surface area contributed by atoms with Crippen LogP contribution in [0, 0.1) is 0 Å². The van der Waals surface area contributed by atoms with Gasteiger partial charge < -0.3 is 13.7 Å². The minimum Gasteiger partial charge on any atom is -0.310 e. The third-order valence-corrected chi connectivity index (χ3v) is 13.2. The zero-order valence-corrected chi connectivity index (χ0v) is 34.5. The molecule has 0 spiro atoms. The molecule has 0 amide bonds. The Morgan fingerprint density at radius 2 is 0.750 bits per heavy atom. The van der Waals surface area contributed by atoms with Crippen LogP contribution in [0.25, 0.3) is 112 Å². The fraction of sp³-hybridized carbons (Fsp3) is 0.0172. The van der Waals surface area contributed by atoms with E-state index in [9.17, 15) is 0 Å². The Bertz CT molecular complexity index is 3860. The Morgan fingerprint density at radius 1 is 0.328 bits per heavy atom. The van der Waals surface area contributed by atoms with Crippen molar-refractivity contribution in [2.45, 2.75) is 5.92 Å². The molecule has 0 aliphatic heterocycles. The van der Waals surface area contributed by atoms with Gasteiger partial charge in [0.25, 0.3) is 0 Å². The molecule has 4 aromatic heterocycles. The molecule has 8 aromatic carbocycles. The van der Waals surface area contributed by atoms with E-state index in [0.717, 1.165) is 33.8 Å². The van der Waals surface area contributed by atoms with Gasteiger partial charge in [-0.05, 0) is 96.1 Å². The van der Waals surface area contributed by atoms with Gasteiger partial charge >= 0.3 is 0 Å². The zero-order chi connectivity index (χ0) is 41.9. The average Bonchev–Trinajstić information content (AvgIpc) is 3.88. The Hall–Kier alpha value is -8.61. The Labute approximate surface area is 368 Å². The van der Waals surface area contributed by atoms with Gasteiger partial charge in [-0.2, -0.15) is 0 Å². The first-order valence-corrected chi connectivity index (χ1v) is 21.8. The second-order valence-corrected chi connectivity index (χ2v) is 16.8. The smallest absolute Gasteiger partial charge is 0.164 e. The standard InChI is InChI=1S/C58H36N6/c1-5-15-36(16-6-1)56-59-57(37-17-7-2-8-18-37)61-58(60-56)38-25-28-42(29-26-38)63-50-30-27-39-31-44(39)55(50)48-35-53-47(34-54(48)63)46-33-51-45(32-52(46)64(53)41-21-11-4-12-22-41)43-23-13-14-24-49(43)62(51)40-19-9-3-10-20-40/h1-35,44H. The molecule has 0 saturated heterocycles. The van der Waals surface area contributed by atoms with Crippen LogP contribution >= 0.6 is 0 Å². The molecule has 4 heterocycles. The minimum atomic E-state index is 0.313. The van der Waals surface area contributed by atoms with Crippen LogP contribution in [0.5, 0.6) is 0 Å². The number of rotatable bonds is 6. The molecule has 0 saturated carbocycles. The van der Waals surface area contributed by atoms with Gasteiger partial charge in [0.15, 0.2) is 17.5 Å². The van der Waals surface area contributed by atoms with Crippen molar-refractivity contribution >= 4 is 60.6 Å². The number of benzene rings is 8. The Kier molecular flexibility index (Phi) is 7.36. The molecule has 1 unspecified atom stereocenters. The van der Waals surface area contributed by atoms with E-state index >= 15 is 0 Å². The van der Waals surface area contributed by atoms with E-state index in [-0.39, 0.29) is 0 Å². The Balaban J connectivity index is 1.00. The van der Waals surface area contributed by atoms with Gasteiger partial charge in [0.05, 0.1) is 33.3 Å². The zero-order valence-electron chi connectivity index (χ0n) is 34.5. The number of para-hydroxylation sites is 3. The maximum absolute atomic E-state index is 5.03. The summed E-state index contributed by atoms with van der Waals surface area (Å²) in [6.45, 7) is 0. The third kappa shape index (κ3) is 5.23. The van der Waals surface area contributed by atoms with E-state index in [1.54, 1.807) is 0 Å². The van der Waals surface area contributed by atoms with Crippen LogP contribution in [0.1, 0.15) is 17.2 Å². The molecule has 0 fully saturated rings. The van der Waals surface area contributed by atoms with E-state index in [0.29, 0.717) is 23.4 Å². The van der Waals surface area contributed by atoms with Gasteiger partial charge in [-0.15, -0.1) is 0 Å². The number of hydrogen-bond acceptors (Lipinski definition) is 3. The molecular weight excluding hydrogens is 781 g/mol. The molecular formula is C58H36N6. The normalized spacial score (nSPS) is 14.1. The highest BCUT2D eigenvalue weighted by molar-refractivity contribution is 6.21. The second kappa shape index (κ2) is 13.4. The van der Waals surface area contributed by atoms with Crippen LogP contribution in [0.2, 0.25) is 0 Å². The molecule has 0 bridgehead atoms. The van der Waals surface area contributed by atoms with Crippen molar-refractivity contribution in [3.8, 4) is 51.2 Å². The third-order valence-electron chi connectivity index (χ3n) is 13.2. The van der Waals surface area contributed by atoms with E-state index in [1.807, 2.05) is 60.7 Å². The summed E-state index contributed by atoms with van der Waals surface area (Å²) in [6, 6.07) is 69.1. The molecule has 0 N–H and O–H groups in total. The first kappa shape index (κ1) is 35.0. The highest BCUT2D eigenvalue weighted by atomic mass is 15.0. The topological polar surface area (TPSA) is 53.5 Å². The second-order valence-electron chi connectivity index (χ2n) is 16.8. The van der Waals surface area contributed by atoms with E-state index in [1.165, 1.54) is 71.3 Å². The molecule has 2 aliphatic rings. The summed E-state index contributed by atoms with van der Waals surface area (Å²) >= 11 is 0. The van der Waals surface area contributed by atoms with Crippen molar-refractivity contribution in [2.24, 2.45) is 0 Å². The van der Waals surface area contributed by atoms with Crippen LogP contribution < -0.4 is 0 Å². The summed E-state index contributed by atoms with van der Waals surface area (Å²) in [4.78, 5) is 15.0. The fourth-order valence-electron chi connectivity index (χ4n) is 10.2. The fourth-order valence-corrected chi connectivity index (χ4v) is 10.2. The van der Waals surface area contributed by atoms with Crippen LogP contribution in [0.3, 0.4) is 0 Å². The summed E-state index contributed by atoms with van der Waals surface area (Å²) in [6.07, 6.45) is 6.98. The van der Waals surface area contributed by atoms with Crippen LogP contribution in [0.15, 0.2) is 212 Å². The number of fused-ring (bicyclic) bond motifs is 11. The predicted octanol–water partition coefficient (Wildman–Crippen LogP) is 14.1. The van der Waals surface area contributed by atoms with Crippen LogP contribution in [0.4, 0.5) is 0 Å². The number of aromatic nitrogens is 6. The van der Waals surface area contributed by atoms with E-state index in [2.05, 4.69) is 165 Å². The predicted molar refractivity (Wildman–Crippen MR) is 262 cm³/mol. The van der Waals surface area contributed by atoms with Gasteiger partial charge in [-0.25, -0.2) is 15.0 Å². The summed E-state index contributed by atoms with van der Waals surface area (Å²) in [5.74, 6) is 2.25. The first-order valence-electron chi connectivity index (χ1n) is 21.8. The van der Waals surface area contributed by atoms with Crippen molar-refractivity contribution in [3.63, 3.8) is 0 Å². The first-order chi connectivity index (χ1) is 31.7. The van der Waals surface area contributed by atoms with Crippen molar-refractivity contribution in [1.82, 2.24) is 28.7 Å². The SMILES string of the molecule is C1=Cc2c(c3cc4c(cc3n2-c2ccc(-c3nc(-c5ccccc5)nc(-c5ccccc5)n3)cc2)c2cc3c(cc2n4-c2ccccc2)c2ccccc2n3-c2ccccc2)C2C=C12. The average molecular weight is 817 g/mol. The molecule has 14 rings (SSSR count). The molecule has 298 valence electrons. The van der Waals surface area contributed by atoms with E-state index in [4.69, 9.17) is 15.0 Å². The highest BCUT2D eigenvalue weighted by Gasteiger charge is 2.35. The van der Waals surface area contributed by atoms with Gasteiger partial charge in [-0.1, -0.05) is 127 Å². The molecule has 2 aliphatic carbocycles. The lowest BCUT2D eigenvalue weighted by molar-refractivity contribution is 1.06. The summed E-state index contributed by atoms with van der Waals surface area (Å²) in [5, 5.41) is 6.18. The molecule has 1 atom stereocenters. The van der Waals surface area contributed by atoms with Gasteiger partial charge in [0, 0.05) is 66.6 Å². The molecule has 6 heteroatoms. The number of hydrogen-bond donors (Lipinski definition) is 0. The minimum absolute atomic E-state index is 0.313. The largest absolute Gasteiger partial charge is 0.310 e. The number of nitrogens with zero attached hydrogens (tertiary/aromatic N) is 6. The highest BCUT2D eigenvalue weighted by Crippen LogP contribution is 2.52. The lowest BCUT2D eigenvalue weighted by Crippen LogP contribution is -2.01. The van der Waals surface area contributed by atoms with Crippen LogP contribution in [-0.2, 0) is 0 Å². The van der Waals surface area contributed by atoms with Crippen molar-refractivity contribution in [2.75, 3.05) is 0 Å². The lowest BCUT2D eigenvalue weighted by Gasteiger charge is -2.13. The number of allylic oxidation sites excluding steroid dienone is 3. The maximum atomic E-state index is 5.03. The van der Waals surface area contributed by atoms with Gasteiger partial charge in [0.2, 0.25) is 0 Å².